The second-order valence-electron chi connectivity index (χ2n) is 5.64. The van der Waals surface area contributed by atoms with Crippen molar-refractivity contribution in [1.82, 2.24) is 4.90 Å². The van der Waals surface area contributed by atoms with Crippen LogP contribution < -0.4 is 5.73 Å². The molecule has 2 fully saturated rings. The average Bonchev–Trinajstić information content (AvgIpc) is 2.80. The summed E-state index contributed by atoms with van der Waals surface area (Å²) in [6.07, 6.45) is 8.18. The Morgan fingerprint density at radius 3 is 2.41 bits per heavy atom. The van der Waals surface area contributed by atoms with Gasteiger partial charge >= 0.3 is 5.97 Å². The fraction of sp³-hybridized carbons (Fsp3) is 0.923. The molecule has 2 N–H and O–H groups in total. The van der Waals surface area contributed by atoms with Gasteiger partial charge in [-0.05, 0) is 44.2 Å². The molecule has 2 rings (SSSR count). The van der Waals surface area contributed by atoms with Crippen LogP contribution in [0.4, 0.5) is 0 Å². The Bertz CT molecular complexity index is 265. The van der Waals surface area contributed by atoms with E-state index in [4.69, 9.17) is 5.73 Å². The van der Waals surface area contributed by atoms with Crippen LogP contribution in [-0.4, -0.2) is 43.7 Å². The summed E-state index contributed by atoms with van der Waals surface area (Å²) in [7, 11) is 1.39. The molecular formula is C13H24N2O2. The molecule has 1 saturated carbocycles. The summed E-state index contributed by atoms with van der Waals surface area (Å²) in [5, 5.41) is 0. The van der Waals surface area contributed by atoms with Crippen molar-refractivity contribution in [2.75, 3.05) is 26.7 Å². The number of nitrogens with zero attached hydrogens (tertiary/aromatic N) is 1. The Balaban J connectivity index is 1.77. The molecule has 1 unspecified atom stereocenters. The Morgan fingerprint density at radius 1 is 1.29 bits per heavy atom. The largest absolute Gasteiger partial charge is 0.468 e. The summed E-state index contributed by atoms with van der Waals surface area (Å²) in [5.41, 5.74) is 6.42. The minimum absolute atomic E-state index is 0.300. The standard InChI is InChI=1S/C13H24N2O2/c1-17-12(16)11(14)10-15-8-6-13(7-9-15)4-2-3-5-13/h11H,2-10,14H2,1H3. The third-order valence-electron chi connectivity index (χ3n) is 4.54. The van der Waals surface area contributed by atoms with E-state index in [1.165, 1.54) is 45.6 Å². The molecule has 4 heteroatoms. The van der Waals surface area contributed by atoms with E-state index in [9.17, 15) is 4.79 Å². The second-order valence-corrected chi connectivity index (χ2v) is 5.64. The van der Waals surface area contributed by atoms with Gasteiger partial charge in [0.05, 0.1) is 7.11 Å². The zero-order chi connectivity index (χ0) is 12.3. The van der Waals surface area contributed by atoms with E-state index in [2.05, 4.69) is 9.64 Å². The molecule has 0 aromatic carbocycles. The van der Waals surface area contributed by atoms with Crippen LogP contribution in [0.5, 0.6) is 0 Å². The van der Waals surface area contributed by atoms with Crippen LogP contribution in [0.15, 0.2) is 0 Å². The van der Waals surface area contributed by atoms with Gasteiger partial charge in [0, 0.05) is 6.54 Å². The van der Waals surface area contributed by atoms with Gasteiger partial charge in [-0.3, -0.25) is 4.79 Å². The lowest BCUT2D eigenvalue weighted by Crippen LogP contribution is -2.47. The molecule has 17 heavy (non-hydrogen) atoms. The van der Waals surface area contributed by atoms with Crippen LogP contribution in [-0.2, 0) is 9.53 Å². The van der Waals surface area contributed by atoms with Crippen molar-refractivity contribution in [2.45, 2.75) is 44.6 Å². The molecule has 98 valence electrons. The van der Waals surface area contributed by atoms with Crippen molar-refractivity contribution in [3.8, 4) is 0 Å². The quantitative estimate of drug-likeness (QED) is 0.752. The maximum absolute atomic E-state index is 11.3. The van der Waals surface area contributed by atoms with E-state index < -0.39 is 6.04 Å². The van der Waals surface area contributed by atoms with Gasteiger partial charge < -0.3 is 15.4 Å². The normalized spacial score (nSPS) is 26.0. The molecule has 0 radical (unpaired) electrons. The summed E-state index contributed by atoms with van der Waals surface area (Å²) in [5.74, 6) is -0.300. The van der Waals surface area contributed by atoms with Crippen LogP contribution in [0.2, 0.25) is 0 Å². The predicted molar refractivity (Wildman–Crippen MR) is 66.6 cm³/mol. The van der Waals surface area contributed by atoms with Gasteiger partial charge in [-0.15, -0.1) is 0 Å². The van der Waals surface area contributed by atoms with E-state index >= 15 is 0 Å². The molecule has 0 aromatic heterocycles. The molecule has 1 atom stereocenters. The third kappa shape index (κ3) is 2.99. The lowest BCUT2D eigenvalue weighted by Gasteiger charge is -2.39. The van der Waals surface area contributed by atoms with Crippen molar-refractivity contribution in [1.29, 1.82) is 0 Å². The van der Waals surface area contributed by atoms with E-state index in [0.29, 0.717) is 12.0 Å². The van der Waals surface area contributed by atoms with Crippen LogP contribution in [0.25, 0.3) is 0 Å². The minimum atomic E-state index is -0.488. The lowest BCUT2D eigenvalue weighted by atomic mass is 9.77. The van der Waals surface area contributed by atoms with Crippen molar-refractivity contribution < 1.29 is 9.53 Å². The summed E-state index contributed by atoms with van der Waals surface area (Å²) in [6, 6.07) is -0.488. The maximum Gasteiger partial charge on any atom is 0.323 e. The highest BCUT2D eigenvalue weighted by molar-refractivity contribution is 5.75. The first-order chi connectivity index (χ1) is 8.15. The number of ether oxygens (including phenoxy) is 1. The summed E-state index contributed by atoms with van der Waals surface area (Å²) < 4.78 is 4.66. The fourth-order valence-corrected chi connectivity index (χ4v) is 3.34. The molecule has 2 aliphatic rings. The van der Waals surface area contributed by atoms with Gasteiger partial charge in [0.1, 0.15) is 6.04 Å². The highest BCUT2D eigenvalue weighted by atomic mass is 16.5. The van der Waals surface area contributed by atoms with Gasteiger partial charge in [-0.1, -0.05) is 12.8 Å². The monoisotopic (exact) mass is 240 g/mol. The van der Waals surface area contributed by atoms with E-state index in [1.807, 2.05) is 0 Å². The van der Waals surface area contributed by atoms with Gasteiger partial charge in [0.15, 0.2) is 0 Å². The molecule has 1 heterocycles. The number of likely N-dealkylation sites (tertiary alicyclic amines) is 1. The molecule has 1 aliphatic heterocycles. The third-order valence-corrected chi connectivity index (χ3v) is 4.54. The number of esters is 1. The molecule has 0 bridgehead atoms. The maximum atomic E-state index is 11.3. The summed E-state index contributed by atoms with van der Waals surface area (Å²) >= 11 is 0. The van der Waals surface area contributed by atoms with Crippen LogP contribution >= 0.6 is 0 Å². The van der Waals surface area contributed by atoms with Gasteiger partial charge in [0.25, 0.3) is 0 Å². The first kappa shape index (κ1) is 12.8. The van der Waals surface area contributed by atoms with Crippen LogP contribution in [0.1, 0.15) is 38.5 Å². The molecule has 1 saturated heterocycles. The number of carbonyl (C=O) groups excluding carboxylic acids is 1. The fourth-order valence-electron chi connectivity index (χ4n) is 3.34. The molecule has 0 aromatic rings. The van der Waals surface area contributed by atoms with Crippen LogP contribution in [0, 0.1) is 5.41 Å². The minimum Gasteiger partial charge on any atom is -0.468 e. The molecule has 4 nitrogen and oxygen atoms in total. The smallest absolute Gasteiger partial charge is 0.323 e. The highest BCUT2D eigenvalue weighted by Gasteiger charge is 2.37. The number of carbonyl (C=O) groups is 1. The number of piperidine rings is 1. The highest BCUT2D eigenvalue weighted by Crippen LogP contribution is 2.45. The van der Waals surface area contributed by atoms with Gasteiger partial charge in [-0.2, -0.15) is 0 Å². The summed E-state index contributed by atoms with van der Waals surface area (Å²) in [4.78, 5) is 13.6. The molecule has 0 amide bonds. The number of rotatable bonds is 3. The van der Waals surface area contributed by atoms with E-state index in [0.717, 1.165) is 13.1 Å². The lowest BCUT2D eigenvalue weighted by molar-refractivity contribution is -0.142. The first-order valence-electron chi connectivity index (χ1n) is 6.71. The molecule has 1 aliphatic carbocycles. The van der Waals surface area contributed by atoms with Crippen molar-refractivity contribution >= 4 is 5.97 Å². The Morgan fingerprint density at radius 2 is 1.88 bits per heavy atom. The Labute approximate surface area is 103 Å². The number of nitrogens with two attached hydrogens (primary N) is 1. The van der Waals surface area contributed by atoms with Crippen molar-refractivity contribution in [3.05, 3.63) is 0 Å². The predicted octanol–water partition coefficient (Wildman–Crippen LogP) is 1.14. The Kier molecular flexibility index (Phi) is 4.05. The number of hydrogen-bond acceptors (Lipinski definition) is 4. The number of hydrogen-bond donors (Lipinski definition) is 1. The summed E-state index contributed by atoms with van der Waals surface area (Å²) in [6.45, 7) is 2.82. The average molecular weight is 240 g/mol. The van der Waals surface area contributed by atoms with Crippen LogP contribution in [0.3, 0.4) is 0 Å². The number of methoxy groups -OCH3 is 1. The molecular weight excluding hydrogens is 216 g/mol. The first-order valence-corrected chi connectivity index (χ1v) is 6.71. The zero-order valence-electron chi connectivity index (χ0n) is 10.8. The van der Waals surface area contributed by atoms with Crippen molar-refractivity contribution in [3.63, 3.8) is 0 Å². The van der Waals surface area contributed by atoms with Crippen molar-refractivity contribution in [2.24, 2.45) is 11.1 Å². The molecule has 1 spiro atoms. The zero-order valence-corrected chi connectivity index (χ0v) is 10.8. The Hall–Kier alpha value is -0.610. The van der Waals surface area contributed by atoms with Gasteiger partial charge in [-0.25, -0.2) is 0 Å². The van der Waals surface area contributed by atoms with E-state index in [1.54, 1.807) is 0 Å². The SMILES string of the molecule is COC(=O)C(N)CN1CCC2(CCCC2)CC1. The topological polar surface area (TPSA) is 55.6 Å². The van der Waals surface area contributed by atoms with E-state index in [-0.39, 0.29) is 5.97 Å². The van der Waals surface area contributed by atoms with Gasteiger partial charge in [0.2, 0.25) is 0 Å². The second kappa shape index (κ2) is 5.36.